The van der Waals surface area contributed by atoms with Crippen molar-refractivity contribution in [2.24, 2.45) is 7.05 Å². The van der Waals surface area contributed by atoms with Gasteiger partial charge in [-0.15, -0.1) is 0 Å². The fraction of sp³-hybridized carbons (Fsp3) is 0.700. The number of imidazole rings is 1. The van der Waals surface area contributed by atoms with Gasteiger partial charge in [-0.2, -0.15) is 0 Å². The molecule has 1 saturated heterocycles. The molecule has 0 aromatic carbocycles. The lowest BCUT2D eigenvalue weighted by molar-refractivity contribution is -0.388. The molecule has 17 heavy (non-hydrogen) atoms. The minimum Gasteiger partial charge on any atom is -0.381 e. The molecule has 94 valence electrons. The van der Waals surface area contributed by atoms with Crippen LogP contribution in [0.4, 0.5) is 11.6 Å². The van der Waals surface area contributed by atoms with Gasteiger partial charge in [-0.25, -0.2) is 0 Å². The highest BCUT2D eigenvalue weighted by molar-refractivity contribution is 5.54. The Morgan fingerprint density at radius 2 is 2.18 bits per heavy atom. The van der Waals surface area contributed by atoms with Crippen LogP contribution in [0.5, 0.6) is 0 Å². The first-order chi connectivity index (χ1) is 8.13. The van der Waals surface area contributed by atoms with E-state index in [1.54, 1.807) is 18.7 Å². The summed E-state index contributed by atoms with van der Waals surface area (Å²) in [5, 5.41) is 10.9. The first-order valence-corrected chi connectivity index (χ1v) is 5.57. The van der Waals surface area contributed by atoms with E-state index in [4.69, 9.17) is 4.74 Å². The third kappa shape index (κ3) is 2.23. The molecule has 1 aromatic heterocycles. The van der Waals surface area contributed by atoms with Crippen molar-refractivity contribution >= 4 is 11.6 Å². The fourth-order valence-electron chi connectivity index (χ4n) is 2.21. The molecule has 0 radical (unpaired) electrons. The number of ether oxygens (including phenoxy) is 1. The van der Waals surface area contributed by atoms with Crippen LogP contribution in [-0.2, 0) is 11.8 Å². The summed E-state index contributed by atoms with van der Waals surface area (Å²) in [6.45, 7) is 1.53. The Hall–Kier alpha value is -1.63. The fourth-order valence-corrected chi connectivity index (χ4v) is 2.21. The Labute approximate surface area is 99.1 Å². The molecule has 0 atom stereocenters. The molecule has 2 rings (SSSR count). The van der Waals surface area contributed by atoms with Crippen molar-refractivity contribution in [3.05, 3.63) is 16.4 Å². The zero-order valence-corrected chi connectivity index (χ0v) is 10.00. The smallest absolute Gasteiger partial charge is 0.381 e. The molecule has 0 amide bonds. The van der Waals surface area contributed by atoms with Gasteiger partial charge in [0.15, 0.2) is 0 Å². The van der Waals surface area contributed by atoms with Gasteiger partial charge in [0.1, 0.15) is 0 Å². The molecule has 1 fully saturated rings. The molecule has 0 bridgehead atoms. The molecule has 0 spiro atoms. The number of hydrogen-bond acceptors (Lipinski definition) is 5. The number of piperidine rings is 1. The molecule has 7 heteroatoms. The van der Waals surface area contributed by atoms with Crippen molar-refractivity contribution in [1.29, 1.82) is 0 Å². The van der Waals surface area contributed by atoms with Gasteiger partial charge in [-0.1, -0.05) is 0 Å². The standard InChI is InChI=1S/C10H16N4O3/c1-12-7-11-9(14(15)16)10(12)13-5-3-8(17-2)4-6-13/h7-8H,3-6H2,1-2H3. The van der Waals surface area contributed by atoms with Gasteiger partial charge in [0.2, 0.25) is 12.1 Å². The van der Waals surface area contributed by atoms with E-state index in [0.29, 0.717) is 5.82 Å². The van der Waals surface area contributed by atoms with Crippen LogP contribution >= 0.6 is 0 Å². The van der Waals surface area contributed by atoms with Crippen molar-refractivity contribution in [3.8, 4) is 0 Å². The van der Waals surface area contributed by atoms with E-state index in [2.05, 4.69) is 4.98 Å². The molecule has 1 aromatic rings. The van der Waals surface area contributed by atoms with Gasteiger partial charge in [0.05, 0.1) is 6.10 Å². The summed E-state index contributed by atoms with van der Waals surface area (Å²) in [5.74, 6) is 0.521. The topological polar surface area (TPSA) is 73.4 Å². The molecule has 0 unspecified atom stereocenters. The van der Waals surface area contributed by atoms with E-state index in [0.717, 1.165) is 25.9 Å². The Balaban J connectivity index is 2.18. The predicted molar refractivity (Wildman–Crippen MR) is 62.1 cm³/mol. The average molecular weight is 240 g/mol. The van der Waals surface area contributed by atoms with Crippen LogP contribution in [0.1, 0.15) is 12.8 Å². The Morgan fingerprint density at radius 1 is 1.53 bits per heavy atom. The number of aryl methyl sites for hydroxylation is 1. The van der Waals surface area contributed by atoms with E-state index < -0.39 is 4.92 Å². The van der Waals surface area contributed by atoms with Crippen LogP contribution in [0.25, 0.3) is 0 Å². The molecule has 1 aliphatic rings. The van der Waals surface area contributed by atoms with Crippen LogP contribution in [0, 0.1) is 10.1 Å². The average Bonchev–Trinajstić information content (AvgIpc) is 2.71. The van der Waals surface area contributed by atoms with Crippen molar-refractivity contribution in [1.82, 2.24) is 9.55 Å². The van der Waals surface area contributed by atoms with E-state index in [-0.39, 0.29) is 11.9 Å². The maximum absolute atomic E-state index is 10.9. The maximum atomic E-state index is 10.9. The van der Waals surface area contributed by atoms with E-state index in [1.165, 1.54) is 6.33 Å². The molecule has 1 aliphatic heterocycles. The lowest BCUT2D eigenvalue weighted by atomic mass is 10.1. The SMILES string of the molecule is COC1CCN(c2c([N+](=O)[O-])ncn2C)CC1. The number of rotatable bonds is 3. The minimum absolute atomic E-state index is 0.0663. The highest BCUT2D eigenvalue weighted by Gasteiger charge is 2.28. The summed E-state index contributed by atoms with van der Waals surface area (Å²) in [7, 11) is 3.48. The van der Waals surface area contributed by atoms with Crippen molar-refractivity contribution < 1.29 is 9.66 Å². The number of nitro groups is 1. The third-order valence-electron chi connectivity index (χ3n) is 3.14. The zero-order valence-electron chi connectivity index (χ0n) is 10.00. The lowest BCUT2D eigenvalue weighted by Gasteiger charge is -2.31. The van der Waals surface area contributed by atoms with E-state index in [9.17, 15) is 10.1 Å². The van der Waals surface area contributed by atoms with Crippen LogP contribution in [-0.4, -0.2) is 40.8 Å². The molecule has 0 aliphatic carbocycles. The highest BCUT2D eigenvalue weighted by Crippen LogP contribution is 2.28. The number of nitrogens with zero attached hydrogens (tertiary/aromatic N) is 4. The number of methoxy groups -OCH3 is 1. The third-order valence-corrected chi connectivity index (χ3v) is 3.14. The summed E-state index contributed by atoms with van der Waals surface area (Å²) in [4.78, 5) is 16.3. The van der Waals surface area contributed by atoms with Crippen molar-refractivity contribution in [2.75, 3.05) is 25.1 Å². The zero-order chi connectivity index (χ0) is 12.4. The molecular formula is C10H16N4O3. The second-order valence-corrected chi connectivity index (χ2v) is 4.18. The molecule has 2 heterocycles. The highest BCUT2D eigenvalue weighted by atomic mass is 16.6. The monoisotopic (exact) mass is 240 g/mol. The summed E-state index contributed by atoms with van der Waals surface area (Å²) in [6.07, 6.45) is 3.52. The summed E-state index contributed by atoms with van der Waals surface area (Å²) in [6, 6.07) is 0. The number of anilines is 1. The summed E-state index contributed by atoms with van der Waals surface area (Å²) >= 11 is 0. The minimum atomic E-state index is -0.433. The van der Waals surface area contributed by atoms with Crippen molar-refractivity contribution in [3.63, 3.8) is 0 Å². The first-order valence-electron chi connectivity index (χ1n) is 5.57. The largest absolute Gasteiger partial charge is 0.406 e. The Kier molecular flexibility index (Phi) is 3.28. The van der Waals surface area contributed by atoms with Crippen LogP contribution in [0.15, 0.2) is 6.33 Å². The van der Waals surface area contributed by atoms with Crippen molar-refractivity contribution in [2.45, 2.75) is 18.9 Å². The molecular weight excluding hydrogens is 224 g/mol. The quantitative estimate of drug-likeness (QED) is 0.580. The second-order valence-electron chi connectivity index (χ2n) is 4.18. The van der Waals surface area contributed by atoms with Gasteiger partial charge < -0.3 is 19.8 Å². The van der Waals surface area contributed by atoms with E-state index >= 15 is 0 Å². The van der Waals surface area contributed by atoms with Gasteiger partial charge in [-0.05, 0) is 22.7 Å². The Bertz CT molecular complexity index is 410. The van der Waals surface area contributed by atoms with Crippen LogP contribution in [0.3, 0.4) is 0 Å². The molecule has 0 saturated carbocycles. The van der Waals surface area contributed by atoms with E-state index in [1.807, 2.05) is 4.90 Å². The van der Waals surface area contributed by atoms with Gasteiger partial charge >= 0.3 is 5.82 Å². The second kappa shape index (κ2) is 4.70. The summed E-state index contributed by atoms with van der Waals surface area (Å²) < 4.78 is 6.98. The van der Waals surface area contributed by atoms with Gasteiger partial charge in [0.25, 0.3) is 0 Å². The molecule has 7 nitrogen and oxygen atoms in total. The Morgan fingerprint density at radius 3 is 2.71 bits per heavy atom. The van der Waals surface area contributed by atoms with Crippen LogP contribution < -0.4 is 4.90 Å². The predicted octanol–water partition coefficient (Wildman–Crippen LogP) is 0.944. The molecule has 0 N–H and O–H groups in total. The number of aromatic nitrogens is 2. The van der Waals surface area contributed by atoms with Gasteiger partial charge in [0, 0.05) is 27.2 Å². The first kappa shape index (κ1) is 11.8. The summed E-state index contributed by atoms with van der Waals surface area (Å²) in [5.41, 5.74) is 0. The maximum Gasteiger partial charge on any atom is 0.406 e. The van der Waals surface area contributed by atoms with Gasteiger partial charge in [-0.3, -0.25) is 4.57 Å². The lowest BCUT2D eigenvalue weighted by Crippen LogP contribution is -2.37. The number of hydrogen-bond donors (Lipinski definition) is 0. The van der Waals surface area contributed by atoms with Crippen LogP contribution in [0.2, 0.25) is 0 Å². The normalized spacial score (nSPS) is 17.4.